The van der Waals surface area contributed by atoms with E-state index in [1.165, 1.54) is 19.3 Å². The second kappa shape index (κ2) is 7.28. The van der Waals surface area contributed by atoms with Crippen molar-refractivity contribution in [1.29, 1.82) is 0 Å². The molecule has 1 saturated heterocycles. The van der Waals surface area contributed by atoms with Crippen molar-refractivity contribution in [3.05, 3.63) is 22.8 Å². The molecule has 3 nitrogen and oxygen atoms in total. The molecule has 0 aromatic carbocycles. The molecule has 20 heavy (non-hydrogen) atoms. The maximum absolute atomic E-state index is 6.25. The monoisotopic (exact) mass is 295 g/mol. The van der Waals surface area contributed by atoms with E-state index in [2.05, 4.69) is 37.1 Å². The fourth-order valence-corrected chi connectivity index (χ4v) is 2.85. The standard InChI is InChI=1S/C16H26ClN3/c1-4-13-6-5-9-20(11-13)16-8-7-14(17)15(19-16)10-18-12(2)3/h7-8,12-13,18H,4-6,9-11H2,1-3H3. The van der Waals surface area contributed by atoms with Crippen molar-refractivity contribution >= 4 is 17.4 Å². The van der Waals surface area contributed by atoms with Gasteiger partial charge in [0.1, 0.15) is 5.82 Å². The topological polar surface area (TPSA) is 28.2 Å². The molecule has 2 rings (SSSR count). The zero-order chi connectivity index (χ0) is 14.5. The number of hydrogen-bond donors (Lipinski definition) is 1. The first-order valence-electron chi connectivity index (χ1n) is 7.74. The second-order valence-electron chi connectivity index (χ2n) is 6.00. The van der Waals surface area contributed by atoms with Gasteiger partial charge in [-0.25, -0.2) is 4.98 Å². The number of piperidine rings is 1. The maximum Gasteiger partial charge on any atom is 0.128 e. The Morgan fingerprint density at radius 1 is 1.45 bits per heavy atom. The highest BCUT2D eigenvalue weighted by Gasteiger charge is 2.20. The predicted octanol–water partition coefficient (Wildman–Crippen LogP) is 3.86. The van der Waals surface area contributed by atoms with Crippen molar-refractivity contribution in [2.75, 3.05) is 18.0 Å². The average Bonchev–Trinajstić information content (AvgIpc) is 2.46. The van der Waals surface area contributed by atoms with Crippen LogP contribution in [0.4, 0.5) is 5.82 Å². The Balaban J connectivity index is 2.09. The van der Waals surface area contributed by atoms with Crippen LogP contribution in [0.2, 0.25) is 5.02 Å². The molecule has 1 fully saturated rings. The van der Waals surface area contributed by atoms with Crippen molar-refractivity contribution in [3.63, 3.8) is 0 Å². The Hall–Kier alpha value is -0.800. The van der Waals surface area contributed by atoms with Gasteiger partial charge in [-0.2, -0.15) is 0 Å². The first-order chi connectivity index (χ1) is 9.60. The van der Waals surface area contributed by atoms with E-state index in [1.54, 1.807) is 0 Å². The van der Waals surface area contributed by atoms with E-state index >= 15 is 0 Å². The molecule has 1 aliphatic heterocycles. The van der Waals surface area contributed by atoms with Crippen molar-refractivity contribution in [1.82, 2.24) is 10.3 Å². The highest BCUT2D eigenvalue weighted by molar-refractivity contribution is 6.31. The summed E-state index contributed by atoms with van der Waals surface area (Å²) in [5.41, 5.74) is 0.955. The minimum atomic E-state index is 0.441. The molecule has 0 aliphatic carbocycles. The zero-order valence-electron chi connectivity index (χ0n) is 12.8. The Labute approximate surface area is 127 Å². The summed E-state index contributed by atoms with van der Waals surface area (Å²) in [6.07, 6.45) is 3.87. The minimum Gasteiger partial charge on any atom is -0.356 e. The number of nitrogens with zero attached hydrogens (tertiary/aromatic N) is 2. The van der Waals surface area contributed by atoms with Crippen LogP contribution in [-0.4, -0.2) is 24.1 Å². The van der Waals surface area contributed by atoms with Crippen LogP contribution in [0.25, 0.3) is 0 Å². The van der Waals surface area contributed by atoms with Crippen LogP contribution in [0, 0.1) is 5.92 Å². The third-order valence-corrected chi connectivity index (χ3v) is 4.35. The maximum atomic E-state index is 6.25. The van der Waals surface area contributed by atoms with Crippen molar-refractivity contribution in [3.8, 4) is 0 Å². The second-order valence-corrected chi connectivity index (χ2v) is 6.40. The van der Waals surface area contributed by atoms with Crippen LogP contribution in [0.3, 0.4) is 0 Å². The van der Waals surface area contributed by atoms with Crippen LogP contribution >= 0.6 is 11.6 Å². The van der Waals surface area contributed by atoms with Crippen LogP contribution < -0.4 is 10.2 Å². The molecule has 1 aliphatic rings. The fraction of sp³-hybridized carbons (Fsp3) is 0.688. The van der Waals surface area contributed by atoms with Gasteiger partial charge in [-0.3, -0.25) is 0 Å². The molecular weight excluding hydrogens is 270 g/mol. The molecule has 2 heterocycles. The number of pyridine rings is 1. The highest BCUT2D eigenvalue weighted by Crippen LogP contribution is 2.25. The number of anilines is 1. The lowest BCUT2D eigenvalue weighted by molar-refractivity contribution is 0.403. The molecule has 1 N–H and O–H groups in total. The third kappa shape index (κ3) is 4.10. The average molecular weight is 296 g/mol. The first kappa shape index (κ1) is 15.6. The third-order valence-electron chi connectivity index (χ3n) is 4.00. The van der Waals surface area contributed by atoms with Gasteiger partial charge in [0.15, 0.2) is 0 Å². The van der Waals surface area contributed by atoms with Gasteiger partial charge < -0.3 is 10.2 Å². The molecular formula is C16H26ClN3. The molecule has 4 heteroatoms. The number of halogens is 1. The summed E-state index contributed by atoms with van der Waals surface area (Å²) >= 11 is 6.25. The lowest BCUT2D eigenvalue weighted by Gasteiger charge is -2.33. The predicted molar refractivity (Wildman–Crippen MR) is 86.5 cm³/mol. The summed E-state index contributed by atoms with van der Waals surface area (Å²) < 4.78 is 0. The van der Waals surface area contributed by atoms with Crippen molar-refractivity contribution in [2.24, 2.45) is 5.92 Å². The van der Waals surface area contributed by atoms with Gasteiger partial charge in [0.25, 0.3) is 0 Å². The van der Waals surface area contributed by atoms with Crippen LogP contribution in [0.5, 0.6) is 0 Å². The van der Waals surface area contributed by atoms with Crippen LogP contribution in [0.1, 0.15) is 45.7 Å². The van der Waals surface area contributed by atoms with E-state index in [-0.39, 0.29) is 0 Å². The Morgan fingerprint density at radius 3 is 2.95 bits per heavy atom. The van der Waals surface area contributed by atoms with E-state index in [4.69, 9.17) is 16.6 Å². The molecule has 1 atom stereocenters. The van der Waals surface area contributed by atoms with E-state index in [0.29, 0.717) is 6.04 Å². The molecule has 1 unspecified atom stereocenters. The first-order valence-corrected chi connectivity index (χ1v) is 8.11. The smallest absolute Gasteiger partial charge is 0.128 e. The number of aromatic nitrogens is 1. The molecule has 1 aromatic heterocycles. The molecule has 0 amide bonds. The Bertz CT molecular complexity index is 434. The zero-order valence-corrected chi connectivity index (χ0v) is 13.6. The fourth-order valence-electron chi connectivity index (χ4n) is 2.68. The molecule has 0 bridgehead atoms. The molecule has 0 spiro atoms. The van der Waals surface area contributed by atoms with Gasteiger partial charge in [-0.05, 0) is 30.9 Å². The summed E-state index contributed by atoms with van der Waals surface area (Å²) in [6, 6.07) is 4.48. The molecule has 0 radical (unpaired) electrons. The Morgan fingerprint density at radius 2 is 2.25 bits per heavy atom. The summed E-state index contributed by atoms with van der Waals surface area (Å²) in [5.74, 6) is 1.88. The summed E-state index contributed by atoms with van der Waals surface area (Å²) in [5, 5.41) is 4.14. The quantitative estimate of drug-likeness (QED) is 0.894. The van der Waals surface area contributed by atoms with E-state index in [0.717, 1.165) is 42.1 Å². The normalized spacial score (nSPS) is 19.6. The lowest BCUT2D eigenvalue weighted by Crippen LogP contribution is -2.36. The van der Waals surface area contributed by atoms with Crippen LogP contribution in [-0.2, 0) is 6.54 Å². The summed E-state index contributed by atoms with van der Waals surface area (Å²) in [6.45, 7) is 9.52. The lowest BCUT2D eigenvalue weighted by atomic mass is 9.96. The van der Waals surface area contributed by atoms with Gasteiger partial charge in [0.05, 0.1) is 10.7 Å². The largest absolute Gasteiger partial charge is 0.356 e. The van der Waals surface area contributed by atoms with E-state index in [1.807, 2.05) is 6.07 Å². The van der Waals surface area contributed by atoms with E-state index in [9.17, 15) is 0 Å². The summed E-state index contributed by atoms with van der Waals surface area (Å²) in [4.78, 5) is 7.18. The van der Waals surface area contributed by atoms with Crippen molar-refractivity contribution < 1.29 is 0 Å². The van der Waals surface area contributed by atoms with Crippen molar-refractivity contribution in [2.45, 2.75) is 52.6 Å². The van der Waals surface area contributed by atoms with E-state index < -0.39 is 0 Å². The summed E-state index contributed by atoms with van der Waals surface area (Å²) in [7, 11) is 0. The van der Waals surface area contributed by atoms with Gasteiger partial charge in [0.2, 0.25) is 0 Å². The van der Waals surface area contributed by atoms with Crippen LogP contribution in [0.15, 0.2) is 12.1 Å². The number of nitrogens with one attached hydrogen (secondary N) is 1. The van der Waals surface area contributed by atoms with Gasteiger partial charge in [0, 0.05) is 25.7 Å². The molecule has 0 saturated carbocycles. The van der Waals surface area contributed by atoms with Gasteiger partial charge in [-0.15, -0.1) is 0 Å². The number of rotatable bonds is 5. The number of hydrogen-bond acceptors (Lipinski definition) is 3. The highest BCUT2D eigenvalue weighted by atomic mass is 35.5. The SMILES string of the molecule is CCC1CCCN(c2ccc(Cl)c(CNC(C)C)n2)C1. The Kier molecular flexibility index (Phi) is 5.67. The molecule has 112 valence electrons. The van der Waals surface area contributed by atoms with Gasteiger partial charge >= 0.3 is 0 Å². The minimum absolute atomic E-state index is 0.441. The van der Waals surface area contributed by atoms with Gasteiger partial charge in [-0.1, -0.05) is 38.8 Å². The molecule has 1 aromatic rings.